The molecule has 0 aliphatic carbocycles. The van der Waals surface area contributed by atoms with Gasteiger partial charge in [0.25, 0.3) is 0 Å². The number of hydrogen-bond acceptors (Lipinski definition) is 0. The first-order valence-corrected chi connectivity index (χ1v) is 10.6. The Kier molecular flexibility index (Phi) is 4.02. The predicted molar refractivity (Wildman–Crippen MR) is 129 cm³/mol. The summed E-state index contributed by atoms with van der Waals surface area (Å²) in [6.45, 7) is 0. The van der Waals surface area contributed by atoms with Gasteiger partial charge in [-0.1, -0.05) is 109 Å². The average molecular weight is 383 g/mol. The number of benzene rings is 6. The summed E-state index contributed by atoms with van der Waals surface area (Å²) in [5, 5.41) is 8.20. The molecule has 0 fully saturated rings. The van der Waals surface area contributed by atoms with E-state index in [-0.39, 0.29) is 0 Å². The van der Waals surface area contributed by atoms with Crippen molar-refractivity contribution >= 4 is 32.3 Å². The topological polar surface area (TPSA) is 0 Å². The second-order valence-corrected chi connectivity index (χ2v) is 8.20. The molecule has 0 heteroatoms. The van der Waals surface area contributed by atoms with Gasteiger partial charge >= 0.3 is 0 Å². The molecule has 0 saturated carbocycles. The molecule has 0 N–H and O–H groups in total. The van der Waals surface area contributed by atoms with Crippen LogP contribution in [-0.2, 0) is 12.8 Å². The first-order valence-electron chi connectivity index (χ1n) is 10.6. The first-order chi connectivity index (χ1) is 14.9. The lowest BCUT2D eigenvalue weighted by atomic mass is 9.85. The Morgan fingerprint density at radius 2 is 1.03 bits per heavy atom. The van der Waals surface area contributed by atoms with Gasteiger partial charge in [0.15, 0.2) is 0 Å². The Balaban J connectivity index is 1.65. The summed E-state index contributed by atoms with van der Waals surface area (Å²) in [6, 6.07) is 40.0. The normalized spacial score (nSPS) is 11.6. The SMILES string of the molecule is c1ccc(Cc2cc3ccc4cccc5ccc(c2Cc2ccccc2)c3c45)cc1. The molecule has 0 atom stereocenters. The minimum Gasteiger partial charge on any atom is -0.0622 e. The summed E-state index contributed by atoms with van der Waals surface area (Å²) in [5.41, 5.74) is 5.60. The van der Waals surface area contributed by atoms with E-state index in [0.29, 0.717) is 0 Å². The Morgan fingerprint density at radius 3 is 1.73 bits per heavy atom. The molecular formula is C30H22. The van der Waals surface area contributed by atoms with Crippen LogP contribution in [0.25, 0.3) is 32.3 Å². The lowest BCUT2D eigenvalue weighted by molar-refractivity contribution is 1.11. The third-order valence-electron chi connectivity index (χ3n) is 6.31. The zero-order valence-corrected chi connectivity index (χ0v) is 16.8. The molecule has 0 saturated heterocycles. The van der Waals surface area contributed by atoms with Crippen molar-refractivity contribution in [2.24, 2.45) is 0 Å². The summed E-state index contributed by atoms with van der Waals surface area (Å²) >= 11 is 0. The van der Waals surface area contributed by atoms with E-state index < -0.39 is 0 Å². The Labute approximate surface area is 176 Å². The molecule has 0 aromatic heterocycles. The van der Waals surface area contributed by atoms with Crippen LogP contribution in [0.1, 0.15) is 22.3 Å². The maximum Gasteiger partial charge on any atom is -0.00168 e. The van der Waals surface area contributed by atoms with E-state index >= 15 is 0 Å². The van der Waals surface area contributed by atoms with Gasteiger partial charge in [0.2, 0.25) is 0 Å². The van der Waals surface area contributed by atoms with Crippen molar-refractivity contribution in [3.05, 3.63) is 131 Å². The first kappa shape index (κ1) is 17.2. The molecule has 0 radical (unpaired) electrons. The highest BCUT2D eigenvalue weighted by Gasteiger charge is 2.15. The Morgan fingerprint density at radius 1 is 0.433 bits per heavy atom. The van der Waals surface area contributed by atoms with Gasteiger partial charge in [0.1, 0.15) is 0 Å². The maximum atomic E-state index is 2.43. The predicted octanol–water partition coefficient (Wildman–Crippen LogP) is 7.77. The van der Waals surface area contributed by atoms with Gasteiger partial charge in [-0.3, -0.25) is 0 Å². The maximum absolute atomic E-state index is 2.43. The fourth-order valence-corrected chi connectivity index (χ4v) is 4.91. The van der Waals surface area contributed by atoms with Crippen LogP contribution in [0.15, 0.2) is 109 Å². The fourth-order valence-electron chi connectivity index (χ4n) is 4.91. The van der Waals surface area contributed by atoms with E-state index in [0.717, 1.165) is 12.8 Å². The van der Waals surface area contributed by atoms with E-state index in [1.807, 2.05) is 0 Å². The quantitative estimate of drug-likeness (QED) is 0.273. The van der Waals surface area contributed by atoms with Gasteiger partial charge in [-0.05, 0) is 67.4 Å². The molecule has 0 nitrogen and oxygen atoms in total. The third kappa shape index (κ3) is 2.84. The molecule has 0 amide bonds. The van der Waals surface area contributed by atoms with Crippen molar-refractivity contribution in [1.29, 1.82) is 0 Å². The largest absolute Gasteiger partial charge is 0.0622 e. The van der Waals surface area contributed by atoms with Crippen molar-refractivity contribution in [2.75, 3.05) is 0 Å². The van der Waals surface area contributed by atoms with Crippen molar-refractivity contribution in [2.45, 2.75) is 12.8 Å². The highest BCUT2D eigenvalue weighted by atomic mass is 14.2. The minimum absolute atomic E-state index is 0.956. The summed E-state index contributed by atoms with van der Waals surface area (Å²) < 4.78 is 0. The van der Waals surface area contributed by atoms with Gasteiger partial charge < -0.3 is 0 Å². The van der Waals surface area contributed by atoms with E-state index in [1.54, 1.807) is 0 Å². The fraction of sp³-hybridized carbons (Fsp3) is 0.0667. The highest BCUT2D eigenvalue weighted by Crippen LogP contribution is 2.38. The molecular weight excluding hydrogens is 360 g/mol. The summed E-state index contributed by atoms with van der Waals surface area (Å²) in [7, 11) is 0. The van der Waals surface area contributed by atoms with Crippen molar-refractivity contribution < 1.29 is 0 Å². The molecule has 6 aromatic rings. The molecule has 6 aromatic carbocycles. The van der Waals surface area contributed by atoms with Crippen molar-refractivity contribution in [3.63, 3.8) is 0 Å². The zero-order valence-electron chi connectivity index (χ0n) is 16.8. The van der Waals surface area contributed by atoms with Crippen LogP contribution in [0.3, 0.4) is 0 Å². The lowest BCUT2D eigenvalue weighted by Crippen LogP contribution is -2.00. The molecule has 6 rings (SSSR count). The Hall–Kier alpha value is -3.64. The van der Waals surface area contributed by atoms with Gasteiger partial charge in [-0.2, -0.15) is 0 Å². The summed E-state index contributed by atoms with van der Waals surface area (Å²) in [4.78, 5) is 0. The number of rotatable bonds is 4. The summed E-state index contributed by atoms with van der Waals surface area (Å²) in [5.74, 6) is 0. The molecule has 0 aliphatic rings. The molecule has 0 spiro atoms. The smallest absolute Gasteiger partial charge is 0.00168 e. The summed E-state index contributed by atoms with van der Waals surface area (Å²) in [6.07, 6.45) is 1.91. The molecule has 0 aliphatic heterocycles. The van der Waals surface area contributed by atoms with Gasteiger partial charge in [-0.15, -0.1) is 0 Å². The molecule has 30 heavy (non-hydrogen) atoms. The van der Waals surface area contributed by atoms with Crippen molar-refractivity contribution in [3.8, 4) is 0 Å². The minimum atomic E-state index is 0.956. The van der Waals surface area contributed by atoms with Crippen LogP contribution >= 0.6 is 0 Å². The van der Waals surface area contributed by atoms with Gasteiger partial charge in [0, 0.05) is 0 Å². The molecule has 0 unspecified atom stereocenters. The van der Waals surface area contributed by atoms with Crippen LogP contribution in [0.4, 0.5) is 0 Å². The van der Waals surface area contributed by atoms with E-state index in [9.17, 15) is 0 Å². The van der Waals surface area contributed by atoms with E-state index in [4.69, 9.17) is 0 Å². The van der Waals surface area contributed by atoms with Crippen LogP contribution in [-0.4, -0.2) is 0 Å². The van der Waals surface area contributed by atoms with Crippen LogP contribution in [0, 0.1) is 0 Å². The van der Waals surface area contributed by atoms with Gasteiger partial charge in [0.05, 0.1) is 0 Å². The third-order valence-corrected chi connectivity index (χ3v) is 6.31. The van der Waals surface area contributed by atoms with Crippen molar-refractivity contribution in [1.82, 2.24) is 0 Å². The van der Waals surface area contributed by atoms with E-state index in [2.05, 4.69) is 109 Å². The van der Waals surface area contributed by atoms with E-state index in [1.165, 1.54) is 54.6 Å². The number of hydrogen-bond donors (Lipinski definition) is 0. The lowest BCUT2D eigenvalue weighted by Gasteiger charge is -2.18. The Bertz CT molecular complexity index is 1440. The van der Waals surface area contributed by atoms with Crippen LogP contribution in [0.5, 0.6) is 0 Å². The molecule has 0 bridgehead atoms. The van der Waals surface area contributed by atoms with Crippen LogP contribution < -0.4 is 0 Å². The standard InChI is InChI=1S/C30H22/c1-3-8-21(9-4-1)18-26-20-25-15-14-23-12-7-13-24-16-17-27(30(25)29(23)24)28(26)19-22-10-5-2-6-11-22/h1-17,20H,18-19H2. The molecule has 142 valence electrons. The molecule has 0 heterocycles. The second kappa shape index (κ2) is 7.00. The monoisotopic (exact) mass is 382 g/mol. The zero-order chi connectivity index (χ0) is 19.9. The van der Waals surface area contributed by atoms with Gasteiger partial charge in [-0.25, -0.2) is 0 Å². The highest BCUT2D eigenvalue weighted by molar-refractivity contribution is 6.23. The average Bonchev–Trinajstić information content (AvgIpc) is 2.80. The van der Waals surface area contributed by atoms with Crippen LogP contribution in [0.2, 0.25) is 0 Å². The second-order valence-electron chi connectivity index (χ2n) is 8.20.